The number of ether oxygens (including phenoxy) is 4. The molecule has 2 saturated carbocycles. The van der Waals surface area contributed by atoms with E-state index in [1.54, 1.807) is 27.7 Å². The van der Waals surface area contributed by atoms with Gasteiger partial charge in [-0.3, -0.25) is 19.2 Å². The Morgan fingerprint density at radius 1 is 1.16 bits per heavy atom. The van der Waals surface area contributed by atoms with Crippen LogP contribution in [-0.4, -0.2) is 64.5 Å². The zero-order valence-electron chi connectivity index (χ0n) is 22.3. The second-order valence-corrected chi connectivity index (χ2v) is 11.9. The average Bonchev–Trinajstić information content (AvgIpc) is 3.21. The predicted octanol–water partition coefficient (Wildman–Crippen LogP) is 2.66. The van der Waals surface area contributed by atoms with Crippen molar-refractivity contribution in [1.29, 1.82) is 0 Å². The van der Waals surface area contributed by atoms with Crippen molar-refractivity contribution < 1.29 is 47.6 Å². The smallest absolute Gasteiger partial charge is 0.308 e. The molecular formula is C28H33FO9. The molecule has 4 aliphatic carbocycles. The van der Waals surface area contributed by atoms with Crippen LogP contribution in [0, 0.1) is 22.7 Å². The van der Waals surface area contributed by atoms with Gasteiger partial charge in [-0.25, -0.2) is 4.39 Å². The van der Waals surface area contributed by atoms with Gasteiger partial charge in [0.15, 0.2) is 29.4 Å². The number of aliphatic hydroxyl groups is 1. The Balaban J connectivity index is 1.69. The van der Waals surface area contributed by atoms with E-state index in [1.807, 2.05) is 0 Å². The predicted molar refractivity (Wildman–Crippen MR) is 129 cm³/mol. The summed E-state index contributed by atoms with van der Waals surface area (Å²) in [5, 5.41) is 11.6. The maximum Gasteiger partial charge on any atom is 0.308 e. The highest BCUT2D eigenvalue weighted by atomic mass is 19.1. The summed E-state index contributed by atoms with van der Waals surface area (Å²) in [7, 11) is 0. The van der Waals surface area contributed by atoms with Crippen molar-refractivity contribution in [1.82, 2.24) is 0 Å². The van der Waals surface area contributed by atoms with Gasteiger partial charge in [0.2, 0.25) is 5.78 Å². The molecule has 0 spiro atoms. The summed E-state index contributed by atoms with van der Waals surface area (Å²) >= 11 is 0. The zero-order valence-corrected chi connectivity index (χ0v) is 22.3. The van der Waals surface area contributed by atoms with Crippen molar-refractivity contribution in [3.63, 3.8) is 0 Å². The second kappa shape index (κ2) is 8.16. The zero-order chi connectivity index (χ0) is 28.1. The van der Waals surface area contributed by atoms with E-state index >= 15 is 4.39 Å². The van der Waals surface area contributed by atoms with Gasteiger partial charge in [0.05, 0.1) is 17.6 Å². The van der Waals surface area contributed by atoms with Gasteiger partial charge >= 0.3 is 11.9 Å². The van der Waals surface area contributed by atoms with Gasteiger partial charge in [0.25, 0.3) is 0 Å². The first kappa shape index (κ1) is 26.9. The fourth-order valence-corrected chi connectivity index (χ4v) is 7.87. The van der Waals surface area contributed by atoms with Crippen molar-refractivity contribution in [3.05, 3.63) is 35.6 Å². The highest BCUT2D eigenvalue weighted by Crippen LogP contribution is 2.72. The first-order valence-corrected chi connectivity index (χ1v) is 12.8. The standard InChI is InChI=1S/C28H33FO9/c1-14(30)35-13-22(34)28-23(37-24(3,4)38-28)11-17-18-10-20(36-15(2)31)19-9-16(32)7-8-25(19,5)27(18,29)21(33)12-26(17,28)6/h7-10,17-18,21,23,33H,11-13H2,1-6H3/t17-,18-,21-,23+,25-,26-,27-,28+/m0/s1. The minimum atomic E-state index is -2.31. The van der Waals surface area contributed by atoms with Crippen LogP contribution in [0.5, 0.6) is 0 Å². The first-order chi connectivity index (χ1) is 17.5. The van der Waals surface area contributed by atoms with Gasteiger partial charge < -0.3 is 24.1 Å². The van der Waals surface area contributed by atoms with Crippen LogP contribution in [0.1, 0.15) is 54.4 Å². The van der Waals surface area contributed by atoms with Gasteiger partial charge in [-0.2, -0.15) is 0 Å². The average molecular weight is 533 g/mol. The number of esters is 2. The molecule has 38 heavy (non-hydrogen) atoms. The molecule has 8 atom stereocenters. The first-order valence-electron chi connectivity index (χ1n) is 12.8. The highest BCUT2D eigenvalue weighted by Gasteiger charge is 2.80. The van der Waals surface area contributed by atoms with E-state index in [0.29, 0.717) is 0 Å². The fraction of sp³-hybridized carbons (Fsp3) is 0.643. The fourth-order valence-electron chi connectivity index (χ4n) is 7.87. The van der Waals surface area contributed by atoms with E-state index in [4.69, 9.17) is 18.9 Å². The minimum absolute atomic E-state index is 0.0481. The Bertz CT molecular complexity index is 1230. The summed E-state index contributed by atoms with van der Waals surface area (Å²) in [6, 6.07) is 0. The molecule has 1 saturated heterocycles. The van der Waals surface area contributed by atoms with Crippen LogP contribution < -0.4 is 0 Å². The van der Waals surface area contributed by atoms with Crippen molar-refractivity contribution in [2.45, 2.75) is 83.6 Å². The lowest BCUT2D eigenvalue weighted by molar-refractivity contribution is -0.238. The number of alkyl halides is 1. The number of halogens is 1. The van der Waals surface area contributed by atoms with Gasteiger partial charge in [-0.1, -0.05) is 13.0 Å². The lowest BCUT2D eigenvalue weighted by Crippen LogP contribution is -2.69. The molecule has 0 aromatic heterocycles. The molecule has 0 radical (unpaired) electrons. The Labute approximate surface area is 220 Å². The Kier molecular flexibility index (Phi) is 5.77. The molecule has 0 unspecified atom stereocenters. The van der Waals surface area contributed by atoms with Crippen LogP contribution in [0.25, 0.3) is 0 Å². The van der Waals surface area contributed by atoms with Crippen LogP contribution in [0.4, 0.5) is 4.39 Å². The third-order valence-electron chi connectivity index (χ3n) is 9.34. The van der Waals surface area contributed by atoms with Crippen LogP contribution in [0.3, 0.4) is 0 Å². The van der Waals surface area contributed by atoms with Gasteiger partial charge in [-0.15, -0.1) is 0 Å². The molecule has 0 aromatic carbocycles. The highest BCUT2D eigenvalue weighted by molar-refractivity contribution is 6.02. The van der Waals surface area contributed by atoms with E-state index in [0.717, 1.165) is 0 Å². The topological polar surface area (TPSA) is 125 Å². The summed E-state index contributed by atoms with van der Waals surface area (Å²) in [4.78, 5) is 49.6. The van der Waals surface area contributed by atoms with Gasteiger partial charge in [-0.05, 0) is 57.8 Å². The van der Waals surface area contributed by atoms with Gasteiger partial charge in [0, 0.05) is 30.8 Å². The second-order valence-electron chi connectivity index (χ2n) is 11.9. The van der Waals surface area contributed by atoms with Crippen molar-refractivity contribution in [2.24, 2.45) is 22.7 Å². The monoisotopic (exact) mass is 532 g/mol. The van der Waals surface area contributed by atoms with Crippen LogP contribution in [-0.2, 0) is 38.1 Å². The largest absolute Gasteiger partial charge is 0.458 e. The summed E-state index contributed by atoms with van der Waals surface area (Å²) in [5.41, 5.74) is -6.40. The number of hydrogen-bond acceptors (Lipinski definition) is 9. The molecule has 0 amide bonds. The van der Waals surface area contributed by atoms with Crippen molar-refractivity contribution in [3.8, 4) is 0 Å². The third-order valence-corrected chi connectivity index (χ3v) is 9.34. The molecule has 3 fully saturated rings. The SMILES string of the molecule is CC(=O)OCC(=O)[C@@]12OC(C)(C)O[C@@H]1C[C@H]1[C@@H]3C=C(OC(C)=O)C4=CC(=O)C=C[C@]4(C)[C@@]3(F)[C@@H](O)C[C@@]12C. The minimum Gasteiger partial charge on any atom is -0.458 e. The number of rotatable bonds is 4. The number of carbonyl (C=O) groups excluding carboxylic acids is 4. The van der Waals surface area contributed by atoms with E-state index in [1.165, 1.54) is 38.2 Å². The molecule has 1 aliphatic heterocycles. The number of Topliss-reactive ketones (excluding diaryl/α,β-unsaturated/α-hetero) is 1. The third kappa shape index (κ3) is 3.32. The Morgan fingerprint density at radius 3 is 2.47 bits per heavy atom. The number of aliphatic hydroxyl groups excluding tert-OH is 1. The maximum atomic E-state index is 17.6. The summed E-state index contributed by atoms with van der Waals surface area (Å²) < 4.78 is 40.7. The normalized spacial score (nSPS) is 44.2. The molecule has 10 heteroatoms. The number of carbonyl (C=O) groups is 4. The Hall–Kier alpha value is -2.69. The molecule has 206 valence electrons. The molecule has 5 aliphatic rings. The quantitative estimate of drug-likeness (QED) is 0.544. The number of hydrogen-bond donors (Lipinski definition) is 1. The lowest BCUT2D eigenvalue weighted by Gasteiger charge is -2.61. The van der Waals surface area contributed by atoms with Crippen LogP contribution in [0.15, 0.2) is 35.6 Å². The number of fused-ring (bicyclic) bond motifs is 7. The summed E-state index contributed by atoms with van der Waals surface area (Å²) in [5.74, 6) is -4.94. The van der Waals surface area contributed by atoms with Crippen molar-refractivity contribution >= 4 is 23.5 Å². The summed E-state index contributed by atoms with van der Waals surface area (Å²) in [6.45, 7) is 8.53. The van der Waals surface area contributed by atoms with Crippen LogP contribution in [0.2, 0.25) is 0 Å². The molecule has 0 bridgehead atoms. The van der Waals surface area contributed by atoms with E-state index in [-0.39, 0.29) is 30.0 Å². The molecule has 1 heterocycles. The molecule has 1 N–H and O–H groups in total. The molecular weight excluding hydrogens is 499 g/mol. The van der Waals surface area contributed by atoms with Crippen LogP contribution >= 0.6 is 0 Å². The molecule has 0 aromatic rings. The molecule has 9 nitrogen and oxygen atoms in total. The summed E-state index contributed by atoms with van der Waals surface area (Å²) in [6.07, 6.45) is 3.01. The van der Waals surface area contributed by atoms with Crippen molar-refractivity contribution in [2.75, 3.05) is 6.61 Å². The van der Waals surface area contributed by atoms with E-state index in [9.17, 15) is 24.3 Å². The lowest BCUT2D eigenvalue weighted by atomic mass is 9.46. The maximum absolute atomic E-state index is 17.6. The number of allylic oxidation sites excluding steroid dienone is 5. The van der Waals surface area contributed by atoms with E-state index < -0.39 is 76.3 Å². The molecule has 5 rings (SSSR count). The number of ketones is 2. The Morgan fingerprint density at radius 2 is 1.84 bits per heavy atom. The van der Waals surface area contributed by atoms with Gasteiger partial charge in [0.1, 0.15) is 5.76 Å². The van der Waals surface area contributed by atoms with E-state index in [2.05, 4.69) is 0 Å².